The molecule has 5 fully saturated rings. The summed E-state index contributed by atoms with van der Waals surface area (Å²) in [6.07, 6.45) is -17.3. The Hall–Kier alpha value is -2.42. The number of rotatable bonds is 52. The number of unbranched alkanes of at least 4 members (excludes halogenated alkanes) is 25. The molecular weight excluding hydrogens is 1440 g/mol. The Balaban J connectivity index is 0.0000246. The van der Waals surface area contributed by atoms with E-state index in [0.29, 0.717) is 12.8 Å². The number of carbonyl (C=O) groups excluding carboxylic acids is 4. The van der Waals surface area contributed by atoms with Crippen LogP contribution in [-0.4, -0.2) is 316 Å². The van der Waals surface area contributed by atoms with Gasteiger partial charge in [0.25, 0.3) is 0 Å². The van der Waals surface area contributed by atoms with Gasteiger partial charge in [-0.25, -0.2) is 0 Å². The Labute approximate surface area is 656 Å². The third-order valence-electron chi connectivity index (χ3n) is 20.6. The van der Waals surface area contributed by atoms with Gasteiger partial charge in [-0.15, -0.1) is 0 Å². The second-order valence-corrected chi connectivity index (χ2v) is 29.3. The van der Waals surface area contributed by atoms with Crippen LogP contribution >= 0.6 is 0 Å². The topological polar surface area (TPSA) is 543 Å². The van der Waals surface area contributed by atoms with Crippen LogP contribution in [0, 0.1) is 0 Å². The first kappa shape index (κ1) is 97.9. The van der Waals surface area contributed by atoms with Crippen molar-refractivity contribution >= 4 is 23.7 Å². The molecule has 0 aromatic heterocycles. The Morgan fingerprint density at radius 2 is 0.935 bits per heavy atom. The molecule has 28 atom stereocenters. The van der Waals surface area contributed by atoms with Crippen molar-refractivity contribution < 1.29 is 183 Å². The van der Waals surface area contributed by atoms with Gasteiger partial charge in [0, 0.05) is 26.7 Å². The van der Waals surface area contributed by atoms with Crippen molar-refractivity contribution in [2.75, 3.05) is 39.6 Å². The maximum atomic E-state index is 13.7. The molecule has 0 bridgehead atoms. The number of carbonyl (C=O) groups is 4. The fraction of sp³-hybridized carbons (Fsp3) is 0.918. The summed E-state index contributed by atoms with van der Waals surface area (Å²) < 4.78 is 59.9. The predicted octanol–water partition coefficient (Wildman–Crippen LogP) is -5.37. The number of allylic oxidation sites excluding steroid dienone is 1. The Morgan fingerprint density at radius 1 is 0.500 bits per heavy atom. The van der Waals surface area contributed by atoms with Crippen LogP contribution in [0.3, 0.4) is 0 Å². The van der Waals surface area contributed by atoms with Gasteiger partial charge in [-0.3, -0.25) is 14.4 Å². The number of aliphatic carboxylic acids is 1. The number of aliphatic hydroxyl groups is 16. The summed E-state index contributed by atoms with van der Waals surface area (Å²) in [5.74, 6) is -8.10. The van der Waals surface area contributed by atoms with Gasteiger partial charge in [-0.05, 0) is 19.3 Å². The zero-order valence-corrected chi connectivity index (χ0v) is 65.8. The molecule has 0 aromatic rings. The normalized spacial score (nSPS) is 34.3. The van der Waals surface area contributed by atoms with Gasteiger partial charge in [0.1, 0.15) is 122 Å². The van der Waals surface area contributed by atoms with Crippen LogP contribution in [0.5, 0.6) is 0 Å². The molecule has 0 radical (unpaired) electrons. The maximum absolute atomic E-state index is 13.7. The summed E-state index contributed by atoms with van der Waals surface area (Å²) in [6, 6.07) is -4.85. The largest absolute Gasteiger partial charge is 1.00 e. The number of carboxylic acid groups (broad SMARTS) is 1. The zero-order valence-electron chi connectivity index (χ0n) is 63.8. The molecule has 34 nitrogen and oxygen atoms in total. The van der Waals surface area contributed by atoms with Crippen molar-refractivity contribution in [2.24, 2.45) is 0 Å². The number of carboxylic acids is 1. The van der Waals surface area contributed by atoms with Crippen LogP contribution in [-0.2, 0) is 66.5 Å². The van der Waals surface area contributed by atoms with Crippen molar-refractivity contribution in [3.8, 4) is 0 Å². The van der Waals surface area contributed by atoms with Crippen LogP contribution in [0.1, 0.15) is 214 Å². The Morgan fingerprint density at radius 3 is 1.44 bits per heavy atom. The van der Waals surface area contributed by atoms with Crippen LogP contribution in [0.4, 0.5) is 0 Å². The summed E-state index contributed by atoms with van der Waals surface area (Å²) in [4.78, 5) is 52.8. The number of amides is 3. The molecule has 0 saturated carbocycles. The van der Waals surface area contributed by atoms with E-state index in [1.807, 2.05) is 6.08 Å². The minimum Gasteiger partial charge on any atom is -0.544 e. The third kappa shape index (κ3) is 30.3. The van der Waals surface area contributed by atoms with Crippen molar-refractivity contribution in [1.82, 2.24) is 16.0 Å². The van der Waals surface area contributed by atoms with Crippen LogP contribution in [0.2, 0.25) is 0 Å². The number of nitrogens with one attached hydrogen (secondary N) is 3. The van der Waals surface area contributed by atoms with E-state index in [0.717, 1.165) is 71.6 Å². The molecule has 5 heterocycles. The van der Waals surface area contributed by atoms with Gasteiger partial charge < -0.3 is 155 Å². The molecule has 0 aliphatic carbocycles. The molecule has 108 heavy (non-hydrogen) atoms. The van der Waals surface area contributed by atoms with Gasteiger partial charge in [0.05, 0.1) is 63.9 Å². The second kappa shape index (κ2) is 52.2. The molecular formula is C73H130N3NaO31. The van der Waals surface area contributed by atoms with E-state index in [1.165, 1.54) is 109 Å². The average Bonchev–Trinajstić information content (AvgIpc) is 0.750. The fourth-order valence-electron chi connectivity index (χ4n) is 14.3. The second-order valence-electron chi connectivity index (χ2n) is 29.3. The molecule has 0 spiro atoms. The van der Waals surface area contributed by atoms with Crippen LogP contribution < -0.4 is 50.6 Å². The molecule has 5 aliphatic rings. The van der Waals surface area contributed by atoms with Gasteiger partial charge in [-0.1, -0.05) is 180 Å². The zero-order chi connectivity index (χ0) is 78.8. The SMILES string of the molecule is CCCCCCCCCCCCC/C=C/[C@@H](O)[C@H](CO[C@@H]1O[C@@H](CO)[C@@H](O[C@@H]2OC(CO)[C@H](O[C@H]3O[C@@H](CO)[C@H](O)C(O[C@@H]4O[C@@H](CO)[C@H](O)C(O)C4O)C3NC(C)=O)[C@H](O[C@]3(C(=O)[O-])CC(O)[C@@H](NC(C)=O)C([C@@H](O)[C@H](O)CO)O3)C2O)C(O)C1O)NC(=O)CCCCCCCCCCCCCCCCC.[Na+]. The van der Waals surface area contributed by atoms with E-state index in [9.17, 15) is 106 Å². The van der Waals surface area contributed by atoms with E-state index in [1.54, 1.807) is 0 Å². The summed E-state index contributed by atoms with van der Waals surface area (Å²) in [7, 11) is 0. The van der Waals surface area contributed by atoms with Gasteiger partial charge in [-0.2, -0.15) is 0 Å². The van der Waals surface area contributed by atoms with Gasteiger partial charge >= 0.3 is 29.6 Å². The van der Waals surface area contributed by atoms with E-state index >= 15 is 0 Å². The van der Waals surface area contributed by atoms with E-state index < -0.39 is 235 Å². The van der Waals surface area contributed by atoms with E-state index in [2.05, 4.69) is 29.8 Å². The molecule has 5 saturated heterocycles. The third-order valence-corrected chi connectivity index (χ3v) is 20.6. The van der Waals surface area contributed by atoms with E-state index in [4.69, 9.17) is 47.4 Å². The molecule has 19 N–H and O–H groups in total. The fourth-order valence-corrected chi connectivity index (χ4v) is 14.3. The van der Waals surface area contributed by atoms with E-state index in [-0.39, 0.29) is 41.9 Å². The summed E-state index contributed by atoms with van der Waals surface area (Å²) in [6.45, 7) is 0.239. The number of hydrogen-bond donors (Lipinski definition) is 19. The molecule has 5 aliphatic heterocycles. The predicted molar refractivity (Wildman–Crippen MR) is 376 cm³/mol. The Kier molecular flexibility index (Phi) is 47.4. The molecule has 624 valence electrons. The molecule has 0 aromatic carbocycles. The van der Waals surface area contributed by atoms with Crippen molar-refractivity contribution in [1.29, 1.82) is 0 Å². The van der Waals surface area contributed by atoms with Crippen LogP contribution in [0.25, 0.3) is 0 Å². The molecule has 35 heteroatoms. The summed E-state index contributed by atoms with van der Waals surface area (Å²) in [5.41, 5.74) is 0. The van der Waals surface area contributed by atoms with Crippen molar-refractivity contribution in [2.45, 2.75) is 385 Å². The first-order valence-electron chi connectivity index (χ1n) is 39.1. The minimum absolute atomic E-state index is 0. The van der Waals surface area contributed by atoms with Crippen molar-refractivity contribution in [3.05, 3.63) is 12.2 Å². The summed E-state index contributed by atoms with van der Waals surface area (Å²) >= 11 is 0. The standard InChI is InChI=1S/C73H131N3O31.Na/c1-5-7-9-11-13-15-17-19-20-22-24-26-28-30-32-34-52(87)76-44(45(84)33-31-29-27-25-23-21-18-16-14-12-10-8-6-2)41-98-69-61(94)59(92)63(50(39-80)101-69)103-71-62(95)67(107-73(72(96)97)35-46(85)53(74-42(3)82)66(106-73)55(88)47(86)36-77)64(51(40-81)102-71)104-68-54(75-43(4)83)65(57(90)49(38-79)99-68)105-70-60(93)58(91)56(89)48(37-78)100-70;/h31,33,44-51,53-71,77-81,84-86,88-95H,5-30,32,34-41H2,1-4H3,(H,74,82)(H,75,83)(H,76,87)(H,96,97);/q;+1/p-1/b33-31+;/t44-,45+,46?,47+,48-,49-,50-,51?,53+,54?,55-,56-,57-,58?,59?,60?,61?,62?,63+,64-,65?,66?,67+,68+,69+,70-,71-,73-;/m0./s1. The maximum Gasteiger partial charge on any atom is 1.00 e. The van der Waals surface area contributed by atoms with Gasteiger partial charge in [0.2, 0.25) is 23.5 Å². The molecule has 3 amide bonds. The Bertz CT molecular complexity index is 2510. The smallest absolute Gasteiger partial charge is 0.544 e. The number of ether oxygens (including phenoxy) is 10. The summed E-state index contributed by atoms with van der Waals surface area (Å²) in [5, 5.41) is 199. The minimum atomic E-state index is -3.49. The average molecular weight is 1570 g/mol. The monoisotopic (exact) mass is 1570 g/mol. The van der Waals surface area contributed by atoms with Gasteiger partial charge in [0.15, 0.2) is 25.2 Å². The number of aliphatic hydroxyl groups excluding tert-OH is 16. The first-order chi connectivity index (χ1) is 51.3. The first-order valence-corrected chi connectivity index (χ1v) is 39.1. The van der Waals surface area contributed by atoms with Crippen molar-refractivity contribution in [3.63, 3.8) is 0 Å². The molecule has 5 rings (SSSR count). The quantitative estimate of drug-likeness (QED) is 0.0154. The van der Waals surface area contributed by atoms with Crippen LogP contribution in [0.15, 0.2) is 12.2 Å². The number of hydrogen-bond acceptors (Lipinski definition) is 31. The molecule has 10 unspecified atom stereocenters.